The topological polar surface area (TPSA) is 12.5 Å². The molecule has 0 aromatic heterocycles. The second-order valence-corrected chi connectivity index (χ2v) is 8.15. The van der Waals surface area contributed by atoms with Gasteiger partial charge in [-0.1, -0.05) is 42.5 Å². The first-order chi connectivity index (χ1) is 12.0. The third kappa shape index (κ3) is 3.36. The molecule has 4 rings (SSSR count). The molecule has 0 N–H and O–H groups in total. The highest BCUT2D eigenvalue weighted by Gasteiger charge is 2.39. The molecule has 2 heteroatoms. The largest absolute Gasteiger partial charge is 0.460 e. The Labute approximate surface area is 151 Å². The Bertz CT molecular complexity index is 768. The SMILES string of the molecule is CC(C)(C)N1CC=C(Oc2ccccc2)C1c1ccccc1C1CC1. The first-order valence-electron chi connectivity index (χ1n) is 9.32. The van der Waals surface area contributed by atoms with Gasteiger partial charge in [-0.15, -0.1) is 0 Å². The van der Waals surface area contributed by atoms with Crippen LogP contribution in [0.2, 0.25) is 0 Å². The monoisotopic (exact) mass is 333 g/mol. The minimum absolute atomic E-state index is 0.0830. The Morgan fingerprint density at radius 2 is 1.52 bits per heavy atom. The molecule has 1 heterocycles. The highest BCUT2D eigenvalue weighted by atomic mass is 16.5. The zero-order valence-corrected chi connectivity index (χ0v) is 15.4. The molecule has 25 heavy (non-hydrogen) atoms. The molecule has 2 nitrogen and oxygen atoms in total. The van der Waals surface area contributed by atoms with Gasteiger partial charge in [0, 0.05) is 12.1 Å². The van der Waals surface area contributed by atoms with Gasteiger partial charge in [0.2, 0.25) is 0 Å². The van der Waals surface area contributed by atoms with E-state index in [-0.39, 0.29) is 11.6 Å². The Balaban J connectivity index is 1.72. The summed E-state index contributed by atoms with van der Waals surface area (Å²) in [7, 11) is 0. The lowest BCUT2D eigenvalue weighted by atomic mass is 9.93. The molecule has 1 saturated carbocycles. The van der Waals surface area contributed by atoms with Gasteiger partial charge in [0.1, 0.15) is 11.5 Å². The molecular weight excluding hydrogens is 306 g/mol. The Morgan fingerprint density at radius 3 is 2.16 bits per heavy atom. The first-order valence-corrected chi connectivity index (χ1v) is 9.32. The average Bonchev–Trinajstić information content (AvgIpc) is 3.35. The number of ether oxygens (including phenoxy) is 1. The molecule has 0 bridgehead atoms. The van der Waals surface area contributed by atoms with E-state index in [1.54, 1.807) is 0 Å². The minimum Gasteiger partial charge on any atom is -0.460 e. The molecule has 1 fully saturated rings. The maximum atomic E-state index is 6.34. The maximum absolute atomic E-state index is 6.34. The molecule has 0 amide bonds. The quantitative estimate of drug-likeness (QED) is 0.713. The molecule has 130 valence electrons. The molecule has 0 radical (unpaired) electrons. The lowest BCUT2D eigenvalue weighted by molar-refractivity contribution is 0.113. The van der Waals surface area contributed by atoms with Crippen molar-refractivity contribution in [1.29, 1.82) is 0 Å². The van der Waals surface area contributed by atoms with E-state index in [9.17, 15) is 0 Å². The van der Waals surface area contributed by atoms with Crippen LogP contribution in [0.15, 0.2) is 66.4 Å². The normalized spacial score (nSPS) is 21.2. The fraction of sp³-hybridized carbons (Fsp3) is 0.391. The van der Waals surface area contributed by atoms with Crippen molar-refractivity contribution in [2.24, 2.45) is 0 Å². The molecule has 1 aliphatic heterocycles. The van der Waals surface area contributed by atoms with Crippen molar-refractivity contribution in [3.63, 3.8) is 0 Å². The van der Waals surface area contributed by atoms with Crippen LogP contribution in [-0.4, -0.2) is 17.0 Å². The molecule has 1 aliphatic carbocycles. The smallest absolute Gasteiger partial charge is 0.127 e. The van der Waals surface area contributed by atoms with Crippen LogP contribution in [0.25, 0.3) is 0 Å². The fourth-order valence-electron chi connectivity index (χ4n) is 3.79. The summed E-state index contributed by atoms with van der Waals surface area (Å²) in [6.07, 6.45) is 4.89. The number of nitrogens with zero attached hydrogens (tertiary/aromatic N) is 1. The van der Waals surface area contributed by atoms with E-state index in [1.807, 2.05) is 30.3 Å². The van der Waals surface area contributed by atoms with Gasteiger partial charge in [-0.05, 0) is 68.9 Å². The number of benzene rings is 2. The summed E-state index contributed by atoms with van der Waals surface area (Å²) < 4.78 is 6.34. The lowest BCUT2D eigenvalue weighted by Crippen LogP contribution is -2.42. The van der Waals surface area contributed by atoms with E-state index in [0.29, 0.717) is 0 Å². The van der Waals surface area contributed by atoms with Crippen molar-refractivity contribution in [3.05, 3.63) is 77.6 Å². The summed E-state index contributed by atoms with van der Waals surface area (Å²) in [4.78, 5) is 2.55. The molecule has 0 spiro atoms. The third-order valence-electron chi connectivity index (χ3n) is 5.22. The van der Waals surface area contributed by atoms with E-state index >= 15 is 0 Å². The van der Waals surface area contributed by atoms with Gasteiger partial charge in [-0.3, -0.25) is 4.90 Å². The van der Waals surface area contributed by atoms with Crippen molar-refractivity contribution >= 4 is 0 Å². The van der Waals surface area contributed by atoms with Crippen LogP contribution in [0.1, 0.15) is 56.7 Å². The van der Waals surface area contributed by atoms with Crippen LogP contribution in [0.3, 0.4) is 0 Å². The summed E-state index contributed by atoms with van der Waals surface area (Å²) >= 11 is 0. The summed E-state index contributed by atoms with van der Waals surface area (Å²) in [6, 6.07) is 19.3. The van der Waals surface area contributed by atoms with Crippen LogP contribution in [0.5, 0.6) is 5.75 Å². The van der Waals surface area contributed by atoms with Crippen molar-refractivity contribution in [2.45, 2.75) is 51.1 Å². The highest BCUT2D eigenvalue weighted by Crippen LogP contribution is 2.47. The predicted octanol–water partition coefficient (Wildman–Crippen LogP) is 5.68. The van der Waals surface area contributed by atoms with Gasteiger partial charge < -0.3 is 4.74 Å². The standard InChI is InChI=1S/C23H27NO/c1-23(2,3)24-16-15-21(25-18-9-5-4-6-10-18)22(24)20-12-8-7-11-19(20)17-13-14-17/h4-12,15,17,22H,13-14,16H2,1-3H3. The summed E-state index contributed by atoms with van der Waals surface area (Å²) in [5.74, 6) is 2.71. The summed E-state index contributed by atoms with van der Waals surface area (Å²) in [5, 5.41) is 0. The van der Waals surface area contributed by atoms with E-state index in [0.717, 1.165) is 24.0 Å². The third-order valence-corrected chi connectivity index (χ3v) is 5.22. The van der Waals surface area contributed by atoms with Crippen molar-refractivity contribution in [2.75, 3.05) is 6.54 Å². The van der Waals surface area contributed by atoms with Crippen molar-refractivity contribution in [3.8, 4) is 5.75 Å². The first kappa shape index (κ1) is 16.4. The van der Waals surface area contributed by atoms with E-state index < -0.39 is 0 Å². The maximum Gasteiger partial charge on any atom is 0.127 e. The molecule has 2 aliphatic rings. The van der Waals surface area contributed by atoms with Gasteiger partial charge in [0.05, 0.1) is 6.04 Å². The summed E-state index contributed by atoms with van der Waals surface area (Å²) in [6.45, 7) is 7.80. The van der Waals surface area contributed by atoms with Gasteiger partial charge in [-0.2, -0.15) is 0 Å². The molecular formula is C23H27NO. The number of hydrogen-bond donors (Lipinski definition) is 0. The number of rotatable bonds is 4. The van der Waals surface area contributed by atoms with Gasteiger partial charge in [0.15, 0.2) is 0 Å². The van der Waals surface area contributed by atoms with Crippen LogP contribution in [-0.2, 0) is 0 Å². The molecule has 1 atom stereocenters. The van der Waals surface area contributed by atoms with Crippen LogP contribution in [0.4, 0.5) is 0 Å². The van der Waals surface area contributed by atoms with Gasteiger partial charge in [-0.25, -0.2) is 0 Å². The second-order valence-electron chi connectivity index (χ2n) is 8.15. The van der Waals surface area contributed by atoms with E-state index in [2.05, 4.69) is 56.0 Å². The molecule has 1 unspecified atom stereocenters. The molecule has 0 saturated heterocycles. The van der Waals surface area contributed by atoms with Crippen molar-refractivity contribution in [1.82, 2.24) is 4.90 Å². The molecule has 2 aromatic rings. The average molecular weight is 333 g/mol. The van der Waals surface area contributed by atoms with E-state index in [1.165, 1.54) is 24.0 Å². The number of hydrogen-bond acceptors (Lipinski definition) is 2. The zero-order chi connectivity index (χ0) is 17.4. The second kappa shape index (κ2) is 6.34. The lowest BCUT2D eigenvalue weighted by Gasteiger charge is -2.38. The Kier molecular flexibility index (Phi) is 4.16. The zero-order valence-electron chi connectivity index (χ0n) is 15.4. The van der Waals surface area contributed by atoms with Crippen LogP contribution >= 0.6 is 0 Å². The van der Waals surface area contributed by atoms with Crippen LogP contribution < -0.4 is 4.74 Å². The van der Waals surface area contributed by atoms with E-state index in [4.69, 9.17) is 4.74 Å². The van der Waals surface area contributed by atoms with Gasteiger partial charge in [0.25, 0.3) is 0 Å². The molecule has 2 aromatic carbocycles. The Morgan fingerprint density at radius 1 is 0.880 bits per heavy atom. The number of para-hydroxylation sites is 1. The Hall–Kier alpha value is -2.06. The fourth-order valence-corrected chi connectivity index (χ4v) is 3.79. The highest BCUT2D eigenvalue weighted by molar-refractivity contribution is 5.41. The van der Waals surface area contributed by atoms with Gasteiger partial charge >= 0.3 is 0 Å². The summed E-state index contributed by atoms with van der Waals surface area (Å²) in [5.41, 5.74) is 3.01. The van der Waals surface area contributed by atoms with Crippen molar-refractivity contribution < 1.29 is 4.74 Å². The minimum atomic E-state index is 0.0830. The van der Waals surface area contributed by atoms with Crippen LogP contribution in [0, 0.1) is 0 Å². The predicted molar refractivity (Wildman–Crippen MR) is 103 cm³/mol.